The first-order valence-corrected chi connectivity index (χ1v) is 4.83. The van der Waals surface area contributed by atoms with E-state index in [0.29, 0.717) is 0 Å². The van der Waals surface area contributed by atoms with Gasteiger partial charge < -0.3 is 21.9 Å². The molecule has 0 aromatic carbocycles. The fourth-order valence-corrected chi connectivity index (χ4v) is 1.06. The van der Waals surface area contributed by atoms with Gasteiger partial charge in [0.25, 0.3) is 5.91 Å². The molecule has 1 rings (SSSR count). The first-order chi connectivity index (χ1) is 7.82. The van der Waals surface area contributed by atoms with Gasteiger partial charge in [-0.3, -0.25) is 9.59 Å². The summed E-state index contributed by atoms with van der Waals surface area (Å²) in [5.41, 5.74) is 10.5. The summed E-state index contributed by atoms with van der Waals surface area (Å²) in [7, 11) is 0. The Kier molecular flexibility index (Phi) is 3.69. The van der Waals surface area contributed by atoms with Gasteiger partial charge in [0.2, 0.25) is 0 Å². The number of carboxylic acids is 1. The van der Waals surface area contributed by atoms with Crippen LogP contribution < -0.4 is 16.8 Å². The predicted octanol–water partition coefficient (Wildman–Crippen LogP) is -0.503. The fraction of sp³-hybridized carbons (Fsp3) is 0.250. The van der Waals surface area contributed by atoms with Crippen LogP contribution in [-0.2, 0) is 4.79 Å². The summed E-state index contributed by atoms with van der Waals surface area (Å²) < 4.78 is 0. The van der Waals surface area contributed by atoms with Crippen molar-refractivity contribution in [2.45, 2.75) is 13.0 Å². The van der Waals surface area contributed by atoms with Crippen molar-refractivity contribution < 1.29 is 14.7 Å². The van der Waals surface area contributed by atoms with E-state index in [-0.39, 0.29) is 22.5 Å². The number of rotatable bonds is 3. The number of carbonyl (C=O) groups excluding carboxylic acids is 1. The average molecular weight is 260 g/mol. The van der Waals surface area contributed by atoms with E-state index in [1.165, 1.54) is 6.92 Å². The highest BCUT2D eigenvalue weighted by molar-refractivity contribution is 6.31. The van der Waals surface area contributed by atoms with E-state index in [9.17, 15) is 9.59 Å². The lowest BCUT2D eigenvalue weighted by Gasteiger charge is -2.10. The molecule has 17 heavy (non-hydrogen) atoms. The van der Waals surface area contributed by atoms with E-state index < -0.39 is 17.9 Å². The highest BCUT2D eigenvalue weighted by Gasteiger charge is 2.20. The lowest BCUT2D eigenvalue weighted by atomic mass is 10.3. The average Bonchev–Trinajstić information content (AvgIpc) is 2.22. The summed E-state index contributed by atoms with van der Waals surface area (Å²) in [6.45, 7) is 1.29. The normalized spacial score (nSPS) is 11.9. The highest BCUT2D eigenvalue weighted by atomic mass is 35.5. The Morgan fingerprint density at radius 1 is 1.35 bits per heavy atom. The maximum atomic E-state index is 11.6. The lowest BCUT2D eigenvalue weighted by molar-refractivity contribution is -0.138. The maximum Gasteiger partial charge on any atom is 0.325 e. The number of aromatic nitrogens is 2. The SMILES string of the molecule is CC(NC(=O)c1nc(Cl)c(N)nc1N)C(=O)O. The molecule has 1 heterocycles. The van der Waals surface area contributed by atoms with Crippen LogP contribution in [0.25, 0.3) is 0 Å². The number of nitrogens with two attached hydrogens (primary N) is 2. The summed E-state index contributed by atoms with van der Waals surface area (Å²) in [5, 5.41) is 10.6. The Labute approximate surface area is 101 Å². The maximum absolute atomic E-state index is 11.6. The zero-order valence-electron chi connectivity index (χ0n) is 8.77. The molecule has 1 aromatic heterocycles. The highest BCUT2D eigenvalue weighted by Crippen LogP contribution is 2.17. The molecule has 1 aromatic rings. The molecule has 0 bridgehead atoms. The Morgan fingerprint density at radius 3 is 2.47 bits per heavy atom. The molecule has 0 saturated carbocycles. The van der Waals surface area contributed by atoms with Crippen LogP contribution >= 0.6 is 11.6 Å². The number of anilines is 2. The summed E-state index contributed by atoms with van der Waals surface area (Å²) in [6, 6.07) is -1.08. The Balaban J connectivity index is 2.97. The van der Waals surface area contributed by atoms with Gasteiger partial charge in [-0.05, 0) is 6.92 Å². The fourth-order valence-electron chi connectivity index (χ4n) is 0.935. The molecular formula is C8H10ClN5O3. The molecule has 1 atom stereocenters. The standard InChI is InChI=1S/C8H10ClN5O3/c1-2(8(16)17)12-7(15)3-5(10)14-6(11)4(9)13-3/h2H,1H3,(H,12,15)(H,16,17)(H4,10,11,14). The second-order valence-corrected chi connectivity index (χ2v) is 3.52. The van der Waals surface area contributed by atoms with E-state index in [0.717, 1.165) is 0 Å². The third kappa shape index (κ3) is 2.94. The zero-order valence-corrected chi connectivity index (χ0v) is 9.52. The quantitative estimate of drug-likeness (QED) is 0.572. The van der Waals surface area contributed by atoms with Crippen LogP contribution in [0.15, 0.2) is 0 Å². The lowest BCUT2D eigenvalue weighted by Crippen LogP contribution is -2.39. The van der Waals surface area contributed by atoms with Crippen molar-refractivity contribution in [1.29, 1.82) is 0 Å². The molecule has 0 radical (unpaired) electrons. The first kappa shape index (κ1) is 13.0. The van der Waals surface area contributed by atoms with Gasteiger partial charge in [0.05, 0.1) is 0 Å². The van der Waals surface area contributed by atoms with Crippen molar-refractivity contribution in [2.24, 2.45) is 0 Å². The van der Waals surface area contributed by atoms with Crippen LogP contribution in [0.2, 0.25) is 5.15 Å². The Bertz CT molecular complexity index is 478. The topological polar surface area (TPSA) is 144 Å². The molecule has 9 heteroatoms. The molecule has 92 valence electrons. The minimum absolute atomic E-state index is 0.105. The number of hydrogen-bond acceptors (Lipinski definition) is 6. The largest absolute Gasteiger partial charge is 0.480 e. The van der Waals surface area contributed by atoms with E-state index >= 15 is 0 Å². The number of nitrogen functional groups attached to an aromatic ring is 2. The summed E-state index contributed by atoms with van der Waals surface area (Å²) in [4.78, 5) is 29.4. The molecule has 0 fully saturated rings. The molecule has 1 amide bonds. The summed E-state index contributed by atoms with van der Waals surface area (Å²) in [6.07, 6.45) is 0. The molecule has 6 N–H and O–H groups in total. The molecule has 0 aliphatic rings. The third-order valence-corrected chi connectivity index (χ3v) is 2.12. The van der Waals surface area contributed by atoms with Crippen molar-refractivity contribution >= 4 is 35.1 Å². The van der Waals surface area contributed by atoms with E-state index in [4.69, 9.17) is 28.2 Å². The van der Waals surface area contributed by atoms with Crippen molar-refractivity contribution in [2.75, 3.05) is 11.5 Å². The Morgan fingerprint density at radius 2 is 1.94 bits per heavy atom. The number of halogens is 1. The zero-order chi connectivity index (χ0) is 13.2. The molecule has 8 nitrogen and oxygen atoms in total. The van der Waals surface area contributed by atoms with Crippen LogP contribution in [0.4, 0.5) is 11.6 Å². The van der Waals surface area contributed by atoms with Crippen LogP contribution in [0, 0.1) is 0 Å². The molecular weight excluding hydrogens is 250 g/mol. The van der Waals surface area contributed by atoms with Gasteiger partial charge in [-0.25, -0.2) is 9.97 Å². The number of nitrogens with one attached hydrogen (secondary N) is 1. The predicted molar refractivity (Wildman–Crippen MR) is 60.4 cm³/mol. The van der Waals surface area contributed by atoms with Gasteiger partial charge in [0.1, 0.15) is 6.04 Å². The van der Waals surface area contributed by atoms with Crippen LogP contribution in [0.5, 0.6) is 0 Å². The van der Waals surface area contributed by atoms with Gasteiger partial charge in [-0.15, -0.1) is 0 Å². The van der Waals surface area contributed by atoms with E-state index in [1.807, 2.05) is 0 Å². The second-order valence-electron chi connectivity index (χ2n) is 3.17. The molecule has 0 spiro atoms. The number of aliphatic carboxylic acids is 1. The van der Waals surface area contributed by atoms with E-state index in [1.54, 1.807) is 0 Å². The Hall–Kier alpha value is -2.09. The van der Waals surface area contributed by atoms with Crippen LogP contribution in [0.1, 0.15) is 17.4 Å². The molecule has 0 saturated heterocycles. The van der Waals surface area contributed by atoms with Crippen molar-refractivity contribution in [1.82, 2.24) is 15.3 Å². The minimum Gasteiger partial charge on any atom is -0.480 e. The van der Waals surface area contributed by atoms with E-state index in [2.05, 4.69) is 15.3 Å². The van der Waals surface area contributed by atoms with Gasteiger partial charge in [0, 0.05) is 0 Å². The summed E-state index contributed by atoms with van der Waals surface area (Å²) in [5.74, 6) is -2.30. The van der Waals surface area contributed by atoms with Gasteiger partial charge in [0.15, 0.2) is 22.5 Å². The number of amides is 1. The third-order valence-electron chi connectivity index (χ3n) is 1.84. The first-order valence-electron chi connectivity index (χ1n) is 4.45. The number of nitrogens with zero attached hydrogens (tertiary/aromatic N) is 2. The van der Waals surface area contributed by atoms with Crippen LogP contribution in [-0.4, -0.2) is 33.0 Å². The van der Waals surface area contributed by atoms with Crippen molar-refractivity contribution in [3.63, 3.8) is 0 Å². The molecule has 0 aliphatic carbocycles. The smallest absolute Gasteiger partial charge is 0.325 e. The molecule has 1 unspecified atom stereocenters. The van der Waals surface area contributed by atoms with Crippen LogP contribution in [0.3, 0.4) is 0 Å². The monoisotopic (exact) mass is 259 g/mol. The van der Waals surface area contributed by atoms with Gasteiger partial charge in [-0.1, -0.05) is 11.6 Å². The van der Waals surface area contributed by atoms with Crippen molar-refractivity contribution in [3.05, 3.63) is 10.8 Å². The number of hydrogen-bond donors (Lipinski definition) is 4. The second kappa shape index (κ2) is 4.83. The van der Waals surface area contributed by atoms with Crippen molar-refractivity contribution in [3.8, 4) is 0 Å². The molecule has 0 aliphatic heterocycles. The minimum atomic E-state index is -1.19. The van der Waals surface area contributed by atoms with Gasteiger partial charge >= 0.3 is 5.97 Å². The number of carbonyl (C=O) groups is 2. The van der Waals surface area contributed by atoms with Gasteiger partial charge in [-0.2, -0.15) is 0 Å². The summed E-state index contributed by atoms with van der Waals surface area (Å²) >= 11 is 5.58. The number of carboxylic acid groups (broad SMARTS) is 1.